The maximum absolute atomic E-state index is 12.2. The Labute approximate surface area is 126 Å². The third-order valence-electron chi connectivity index (χ3n) is 3.56. The fourth-order valence-electron chi connectivity index (χ4n) is 2.25. The van der Waals surface area contributed by atoms with Crippen LogP contribution < -0.4 is 14.9 Å². The molecule has 2 saturated heterocycles. The molecular formula is C16H16O6. The lowest BCUT2D eigenvalue weighted by Gasteiger charge is -2.11. The number of benzene rings is 1. The second kappa shape index (κ2) is 5.30. The molecule has 2 aliphatic rings. The molecule has 0 N–H and O–H groups in total. The van der Waals surface area contributed by atoms with Crippen molar-refractivity contribution >= 4 is 11.0 Å². The van der Waals surface area contributed by atoms with Gasteiger partial charge < -0.3 is 23.4 Å². The average molecular weight is 304 g/mol. The average Bonchev–Trinajstić information content (AvgIpc) is 3.36. The summed E-state index contributed by atoms with van der Waals surface area (Å²) in [5.74, 6) is 1.62. The first-order valence-electron chi connectivity index (χ1n) is 7.26. The molecule has 0 aliphatic carbocycles. The van der Waals surface area contributed by atoms with Gasteiger partial charge in [0.1, 0.15) is 53.7 Å². The van der Waals surface area contributed by atoms with E-state index in [1.54, 1.807) is 19.1 Å². The lowest BCUT2D eigenvalue weighted by atomic mass is 10.2. The number of ether oxygens (including phenoxy) is 4. The summed E-state index contributed by atoms with van der Waals surface area (Å²) < 4.78 is 27.3. The van der Waals surface area contributed by atoms with Crippen LogP contribution in [0.5, 0.6) is 11.5 Å². The molecule has 0 saturated carbocycles. The van der Waals surface area contributed by atoms with Crippen molar-refractivity contribution in [3.8, 4) is 11.5 Å². The van der Waals surface area contributed by atoms with Crippen LogP contribution in [-0.2, 0) is 9.47 Å². The summed E-state index contributed by atoms with van der Waals surface area (Å²) in [6.07, 6.45) is 0.265. The number of hydrogen-bond acceptors (Lipinski definition) is 6. The Hall–Kier alpha value is -2.05. The van der Waals surface area contributed by atoms with Crippen LogP contribution in [0.4, 0.5) is 0 Å². The molecule has 2 atom stereocenters. The zero-order valence-electron chi connectivity index (χ0n) is 12.2. The van der Waals surface area contributed by atoms with Gasteiger partial charge in [-0.2, -0.15) is 0 Å². The largest absolute Gasteiger partial charge is 0.491 e. The first-order chi connectivity index (χ1) is 10.7. The lowest BCUT2D eigenvalue weighted by molar-refractivity contribution is 0.253. The van der Waals surface area contributed by atoms with Crippen molar-refractivity contribution < 1.29 is 23.4 Å². The lowest BCUT2D eigenvalue weighted by Crippen LogP contribution is -2.10. The van der Waals surface area contributed by atoms with Crippen LogP contribution in [0.2, 0.25) is 0 Å². The van der Waals surface area contributed by atoms with Crippen LogP contribution in [-0.4, -0.2) is 38.6 Å². The predicted molar refractivity (Wildman–Crippen MR) is 77.7 cm³/mol. The standard InChI is InChI=1S/C16H16O6/c1-9-2-13(17)16-14(21-8-12-7-20-12)3-10(4-15(16)22-9)18-5-11-6-19-11/h2-4,11-12H,5-8H2,1H3/t11-,12+/m0/s1. The molecule has 3 heterocycles. The van der Waals surface area contributed by atoms with Crippen molar-refractivity contribution in [2.45, 2.75) is 19.1 Å². The van der Waals surface area contributed by atoms with Crippen LogP contribution in [0.3, 0.4) is 0 Å². The number of rotatable bonds is 6. The molecule has 0 unspecified atom stereocenters. The molecule has 0 amide bonds. The van der Waals surface area contributed by atoms with Gasteiger partial charge in [0, 0.05) is 18.2 Å². The van der Waals surface area contributed by atoms with E-state index >= 15 is 0 Å². The summed E-state index contributed by atoms with van der Waals surface area (Å²) in [5.41, 5.74) is 0.341. The van der Waals surface area contributed by atoms with Gasteiger partial charge in [-0.3, -0.25) is 4.79 Å². The second-order valence-corrected chi connectivity index (χ2v) is 5.55. The van der Waals surface area contributed by atoms with E-state index < -0.39 is 0 Å². The highest BCUT2D eigenvalue weighted by Gasteiger charge is 2.25. The Bertz CT molecular complexity index is 757. The van der Waals surface area contributed by atoms with Gasteiger partial charge in [0.2, 0.25) is 0 Å². The number of epoxide rings is 2. The van der Waals surface area contributed by atoms with E-state index in [1.807, 2.05) is 0 Å². The van der Waals surface area contributed by atoms with Crippen molar-refractivity contribution in [3.63, 3.8) is 0 Å². The second-order valence-electron chi connectivity index (χ2n) is 5.55. The van der Waals surface area contributed by atoms with Crippen molar-refractivity contribution in [2.75, 3.05) is 26.4 Å². The van der Waals surface area contributed by atoms with Crippen LogP contribution in [0.25, 0.3) is 11.0 Å². The highest BCUT2D eigenvalue weighted by molar-refractivity contribution is 5.85. The van der Waals surface area contributed by atoms with Crippen molar-refractivity contribution in [1.29, 1.82) is 0 Å². The van der Waals surface area contributed by atoms with Crippen molar-refractivity contribution in [2.24, 2.45) is 0 Å². The zero-order chi connectivity index (χ0) is 15.1. The van der Waals surface area contributed by atoms with E-state index in [4.69, 9.17) is 23.4 Å². The van der Waals surface area contributed by atoms with E-state index in [9.17, 15) is 4.79 Å². The summed E-state index contributed by atoms with van der Waals surface area (Å²) in [6.45, 7) is 4.06. The van der Waals surface area contributed by atoms with Gasteiger partial charge in [0.15, 0.2) is 5.43 Å². The van der Waals surface area contributed by atoms with E-state index in [-0.39, 0.29) is 17.6 Å². The van der Waals surface area contributed by atoms with E-state index in [1.165, 1.54) is 6.07 Å². The van der Waals surface area contributed by atoms with E-state index in [2.05, 4.69) is 0 Å². The third-order valence-corrected chi connectivity index (χ3v) is 3.56. The molecule has 6 nitrogen and oxygen atoms in total. The Balaban J connectivity index is 1.71. The van der Waals surface area contributed by atoms with Gasteiger partial charge in [0.25, 0.3) is 0 Å². The fraction of sp³-hybridized carbons (Fsp3) is 0.438. The zero-order valence-corrected chi connectivity index (χ0v) is 12.2. The molecule has 4 rings (SSSR count). The summed E-state index contributed by atoms with van der Waals surface area (Å²) >= 11 is 0. The van der Waals surface area contributed by atoms with Crippen LogP contribution in [0.1, 0.15) is 5.76 Å². The SMILES string of the molecule is Cc1cc(=O)c2c(OC[C@H]3CO3)cc(OC[C@H]3CO3)cc2o1. The first-order valence-corrected chi connectivity index (χ1v) is 7.26. The molecule has 22 heavy (non-hydrogen) atoms. The smallest absolute Gasteiger partial charge is 0.196 e. The fourth-order valence-corrected chi connectivity index (χ4v) is 2.25. The van der Waals surface area contributed by atoms with Gasteiger partial charge in [-0.15, -0.1) is 0 Å². The maximum Gasteiger partial charge on any atom is 0.196 e. The molecule has 6 heteroatoms. The van der Waals surface area contributed by atoms with Crippen molar-refractivity contribution in [3.05, 3.63) is 34.2 Å². The van der Waals surface area contributed by atoms with Crippen LogP contribution in [0.15, 0.2) is 27.4 Å². The minimum Gasteiger partial charge on any atom is -0.491 e. The first kappa shape index (κ1) is 13.6. The Morgan fingerprint density at radius 3 is 2.45 bits per heavy atom. The molecule has 1 aromatic carbocycles. The van der Waals surface area contributed by atoms with Gasteiger partial charge in [-0.05, 0) is 6.92 Å². The molecule has 0 bridgehead atoms. The number of aryl methyl sites for hydroxylation is 1. The molecule has 0 spiro atoms. The Morgan fingerprint density at radius 1 is 1.09 bits per heavy atom. The summed E-state index contributed by atoms with van der Waals surface area (Å²) in [6, 6.07) is 4.90. The summed E-state index contributed by atoms with van der Waals surface area (Å²) in [4.78, 5) is 12.2. The Kier molecular flexibility index (Phi) is 3.28. The highest BCUT2D eigenvalue weighted by Crippen LogP contribution is 2.31. The normalized spacial score (nSPS) is 22.6. The molecule has 2 aliphatic heterocycles. The maximum atomic E-state index is 12.2. The van der Waals surface area contributed by atoms with Gasteiger partial charge >= 0.3 is 0 Å². The monoisotopic (exact) mass is 304 g/mol. The Morgan fingerprint density at radius 2 is 1.77 bits per heavy atom. The van der Waals surface area contributed by atoms with Gasteiger partial charge in [-0.25, -0.2) is 0 Å². The molecular weight excluding hydrogens is 288 g/mol. The highest BCUT2D eigenvalue weighted by atomic mass is 16.6. The minimum absolute atomic E-state index is 0.108. The quantitative estimate of drug-likeness (QED) is 0.756. The van der Waals surface area contributed by atoms with E-state index in [0.29, 0.717) is 48.0 Å². The topological polar surface area (TPSA) is 73.7 Å². The van der Waals surface area contributed by atoms with Gasteiger partial charge in [-0.1, -0.05) is 0 Å². The molecule has 116 valence electrons. The third kappa shape index (κ3) is 2.93. The molecule has 2 fully saturated rings. The van der Waals surface area contributed by atoms with Crippen LogP contribution in [0, 0.1) is 6.92 Å². The number of fused-ring (bicyclic) bond motifs is 1. The number of hydrogen-bond donors (Lipinski definition) is 0. The molecule has 1 aromatic heterocycles. The van der Waals surface area contributed by atoms with Gasteiger partial charge in [0.05, 0.1) is 13.2 Å². The molecule has 0 radical (unpaired) electrons. The minimum atomic E-state index is -0.123. The van der Waals surface area contributed by atoms with E-state index in [0.717, 1.165) is 6.61 Å². The summed E-state index contributed by atoms with van der Waals surface area (Å²) in [7, 11) is 0. The van der Waals surface area contributed by atoms with Crippen molar-refractivity contribution in [1.82, 2.24) is 0 Å². The predicted octanol–water partition coefficient (Wildman–Crippen LogP) is 1.66. The summed E-state index contributed by atoms with van der Waals surface area (Å²) in [5, 5.41) is 0.432. The molecule has 2 aromatic rings. The van der Waals surface area contributed by atoms with Crippen LogP contribution >= 0.6 is 0 Å².